The van der Waals surface area contributed by atoms with Crippen LogP contribution in [-0.2, 0) is 19.1 Å². The number of rotatable bonds is 4. The quantitative estimate of drug-likeness (QED) is 0.475. The van der Waals surface area contributed by atoms with Gasteiger partial charge in [-0.3, -0.25) is 4.79 Å². The van der Waals surface area contributed by atoms with Crippen LogP contribution in [-0.4, -0.2) is 36.9 Å². The zero-order valence-electron chi connectivity index (χ0n) is 11.7. The van der Waals surface area contributed by atoms with E-state index in [1.807, 2.05) is 44.2 Å². The highest BCUT2D eigenvalue weighted by Gasteiger charge is 2.55. The molecule has 0 N–H and O–H groups in total. The first kappa shape index (κ1) is 14.2. The molecule has 2 atom stereocenters. The predicted molar refractivity (Wildman–Crippen MR) is 73.5 cm³/mol. The summed E-state index contributed by atoms with van der Waals surface area (Å²) in [7, 11) is 1.24. The summed E-state index contributed by atoms with van der Waals surface area (Å²) in [6.07, 6.45) is -0.151. The van der Waals surface area contributed by atoms with Crippen molar-refractivity contribution in [3.8, 4) is 0 Å². The minimum Gasteiger partial charge on any atom is -0.470 e. The minimum absolute atomic E-state index is 0.0655. The number of nitrogens with zero attached hydrogens (tertiary/aromatic N) is 1. The Morgan fingerprint density at radius 2 is 2.05 bits per heavy atom. The summed E-state index contributed by atoms with van der Waals surface area (Å²) in [5.41, 5.74) is -0.889. The average molecular weight is 275 g/mol. The largest absolute Gasteiger partial charge is 0.470 e. The number of hydrogen-bond acceptors (Lipinski definition) is 5. The summed E-state index contributed by atoms with van der Waals surface area (Å²) in [5.74, 6) is -0.469. The Bertz CT molecular complexity index is 538. The molecule has 1 aliphatic rings. The van der Waals surface area contributed by atoms with Crippen LogP contribution < -0.4 is 0 Å². The van der Waals surface area contributed by atoms with Crippen LogP contribution in [0.4, 0.5) is 0 Å². The number of methoxy groups -OCH3 is 1. The molecule has 5 nitrogen and oxygen atoms in total. The van der Waals surface area contributed by atoms with Crippen LogP contribution in [0.3, 0.4) is 0 Å². The highest BCUT2D eigenvalue weighted by molar-refractivity contribution is 6.07. The summed E-state index contributed by atoms with van der Waals surface area (Å²) in [6, 6.07) is 9.17. The molecule has 1 aliphatic heterocycles. The zero-order valence-corrected chi connectivity index (χ0v) is 11.7. The zero-order chi connectivity index (χ0) is 14.8. The lowest BCUT2D eigenvalue weighted by Gasteiger charge is -2.26. The van der Waals surface area contributed by atoms with E-state index in [9.17, 15) is 9.59 Å². The summed E-state index contributed by atoms with van der Waals surface area (Å²) in [5, 5.41) is 0. The second kappa shape index (κ2) is 5.45. The van der Waals surface area contributed by atoms with Crippen LogP contribution in [0.2, 0.25) is 0 Å². The lowest BCUT2D eigenvalue weighted by Crippen LogP contribution is -2.50. The number of esters is 1. The Labute approximate surface area is 117 Å². The third kappa shape index (κ3) is 2.19. The molecule has 0 radical (unpaired) electrons. The van der Waals surface area contributed by atoms with Gasteiger partial charge in [-0.05, 0) is 18.1 Å². The van der Waals surface area contributed by atoms with Crippen LogP contribution in [0.5, 0.6) is 0 Å². The normalized spacial score (nSPS) is 25.0. The van der Waals surface area contributed by atoms with Gasteiger partial charge < -0.3 is 9.47 Å². The predicted octanol–water partition coefficient (Wildman–Crippen LogP) is 1.60. The molecule has 0 amide bonds. The van der Waals surface area contributed by atoms with Crippen molar-refractivity contribution in [1.82, 2.24) is 0 Å². The topological polar surface area (TPSA) is 65.0 Å². The Morgan fingerprint density at radius 1 is 1.40 bits per heavy atom. The molecular formula is C15H17NO4. The van der Waals surface area contributed by atoms with E-state index in [1.54, 1.807) is 0 Å². The molecule has 1 aromatic rings. The van der Waals surface area contributed by atoms with Gasteiger partial charge in [-0.25, -0.2) is 9.79 Å². The van der Waals surface area contributed by atoms with E-state index in [0.717, 1.165) is 5.56 Å². The van der Waals surface area contributed by atoms with Crippen LogP contribution >= 0.6 is 0 Å². The van der Waals surface area contributed by atoms with E-state index in [4.69, 9.17) is 9.47 Å². The van der Waals surface area contributed by atoms with Gasteiger partial charge in [0.1, 0.15) is 6.10 Å². The second-order valence-electron chi connectivity index (χ2n) is 5.00. The van der Waals surface area contributed by atoms with Gasteiger partial charge in [0, 0.05) is 5.56 Å². The number of carbonyl (C=O) groups is 2. The van der Waals surface area contributed by atoms with Gasteiger partial charge in [0.2, 0.25) is 5.90 Å². The molecule has 1 aromatic carbocycles. The molecule has 20 heavy (non-hydrogen) atoms. The third-order valence-corrected chi connectivity index (χ3v) is 3.28. The van der Waals surface area contributed by atoms with Crippen molar-refractivity contribution in [2.24, 2.45) is 10.9 Å². The lowest BCUT2D eigenvalue weighted by atomic mass is 9.88. The minimum atomic E-state index is -1.62. The first-order valence-corrected chi connectivity index (χ1v) is 6.42. The van der Waals surface area contributed by atoms with Gasteiger partial charge in [0.05, 0.1) is 7.11 Å². The van der Waals surface area contributed by atoms with Crippen LogP contribution in [0.15, 0.2) is 35.3 Å². The molecule has 106 valence electrons. The Kier molecular flexibility index (Phi) is 3.88. The van der Waals surface area contributed by atoms with E-state index < -0.39 is 17.6 Å². The van der Waals surface area contributed by atoms with Crippen LogP contribution in [0, 0.1) is 5.92 Å². The molecule has 5 heteroatoms. The van der Waals surface area contributed by atoms with E-state index in [1.165, 1.54) is 7.11 Å². The number of ether oxygens (including phenoxy) is 2. The fraction of sp³-hybridized carbons (Fsp3) is 0.400. The smallest absolute Gasteiger partial charge is 0.345 e. The molecule has 0 saturated heterocycles. The molecule has 1 heterocycles. The molecule has 0 bridgehead atoms. The maximum Gasteiger partial charge on any atom is 0.345 e. The SMILES string of the molecule is COC(=O)[C@@]1(C=O)N=C(c2ccccc2)O[C@H]1C(C)C. The molecule has 0 unspecified atom stereocenters. The van der Waals surface area contributed by atoms with Gasteiger partial charge in [-0.15, -0.1) is 0 Å². The van der Waals surface area contributed by atoms with E-state index in [-0.39, 0.29) is 5.92 Å². The second-order valence-corrected chi connectivity index (χ2v) is 5.00. The van der Waals surface area contributed by atoms with E-state index >= 15 is 0 Å². The molecule has 2 rings (SSSR count). The van der Waals surface area contributed by atoms with E-state index in [2.05, 4.69) is 4.99 Å². The number of benzene rings is 1. The fourth-order valence-corrected chi connectivity index (χ4v) is 2.29. The molecular weight excluding hydrogens is 258 g/mol. The lowest BCUT2D eigenvalue weighted by molar-refractivity contribution is -0.152. The summed E-state index contributed by atoms with van der Waals surface area (Å²) in [4.78, 5) is 27.8. The Morgan fingerprint density at radius 3 is 2.55 bits per heavy atom. The Hall–Kier alpha value is -2.17. The van der Waals surface area contributed by atoms with Crippen molar-refractivity contribution in [2.75, 3.05) is 7.11 Å². The maximum atomic E-state index is 12.0. The van der Waals surface area contributed by atoms with Crippen molar-refractivity contribution in [2.45, 2.75) is 25.5 Å². The standard InChI is InChI=1S/C15H17NO4/c1-10(2)12-15(9-17,14(18)19-3)16-13(20-12)11-7-5-4-6-8-11/h4-10,12H,1-3H3/t12-,15-/m0/s1. The molecule has 0 fully saturated rings. The summed E-state index contributed by atoms with van der Waals surface area (Å²) >= 11 is 0. The van der Waals surface area contributed by atoms with Crippen molar-refractivity contribution < 1.29 is 19.1 Å². The highest BCUT2D eigenvalue weighted by atomic mass is 16.5. The molecule has 0 spiro atoms. The monoisotopic (exact) mass is 275 g/mol. The molecule has 0 aliphatic carbocycles. The molecule has 0 aromatic heterocycles. The van der Waals surface area contributed by atoms with Gasteiger partial charge in [-0.2, -0.15) is 0 Å². The van der Waals surface area contributed by atoms with Gasteiger partial charge in [0.15, 0.2) is 6.29 Å². The number of hydrogen-bond donors (Lipinski definition) is 0. The first-order valence-electron chi connectivity index (χ1n) is 6.42. The highest BCUT2D eigenvalue weighted by Crippen LogP contribution is 2.32. The van der Waals surface area contributed by atoms with Crippen molar-refractivity contribution in [1.29, 1.82) is 0 Å². The van der Waals surface area contributed by atoms with Crippen molar-refractivity contribution in [3.63, 3.8) is 0 Å². The van der Waals surface area contributed by atoms with Crippen LogP contribution in [0.25, 0.3) is 0 Å². The number of aldehydes is 1. The third-order valence-electron chi connectivity index (χ3n) is 3.28. The molecule has 0 saturated carbocycles. The fourth-order valence-electron chi connectivity index (χ4n) is 2.29. The van der Waals surface area contributed by atoms with Gasteiger partial charge in [-0.1, -0.05) is 32.0 Å². The first-order chi connectivity index (χ1) is 9.55. The van der Waals surface area contributed by atoms with Gasteiger partial charge >= 0.3 is 5.97 Å². The maximum absolute atomic E-state index is 12.0. The van der Waals surface area contributed by atoms with Crippen LogP contribution in [0.1, 0.15) is 19.4 Å². The average Bonchev–Trinajstić information content (AvgIpc) is 2.88. The number of carbonyl (C=O) groups excluding carboxylic acids is 2. The number of aliphatic imine (C=N–C) groups is 1. The van der Waals surface area contributed by atoms with Gasteiger partial charge in [0.25, 0.3) is 5.54 Å². The van der Waals surface area contributed by atoms with E-state index in [0.29, 0.717) is 12.2 Å². The summed E-state index contributed by atoms with van der Waals surface area (Å²) in [6.45, 7) is 3.74. The van der Waals surface area contributed by atoms with Crippen molar-refractivity contribution >= 4 is 18.2 Å². The van der Waals surface area contributed by atoms with Crippen molar-refractivity contribution in [3.05, 3.63) is 35.9 Å². The Balaban J connectivity index is 2.48. The summed E-state index contributed by atoms with van der Waals surface area (Å²) < 4.78 is 10.5.